The van der Waals surface area contributed by atoms with E-state index in [2.05, 4.69) is 21.2 Å². The second-order valence-corrected chi connectivity index (χ2v) is 5.50. The van der Waals surface area contributed by atoms with E-state index in [0.29, 0.717) is 18.7 Å². The van der Waals surface area contributed by atoms with Gasteiger partial charge in [0.15, 0.2) is 0 Å². The molecule has 2 amide bonds. The van der Waals surface area contributed by atoms with Crippen molar-refractivity contribution >= 4 is 33.4 Å². The summed E-state index contributed by atoms with van der Waals surface area (Å²) in [6.07, 6.45) is 0.662. The minimum absolute atomic E-state index is 0.222. The molecule has 0 saturated carbocycles. The summed E-state index contributed by atoms with van der Waals surface area (Å²) < 4.78 is 0.910. The van der Waals surface area contributed by atoms with E-state index < -0.39 is 0 Å². The van der Waals surface area contributed by atoms with Crippen molar-refractivity contribution in [3.05, 3.63) is 28.2 Å². The molecule has 1 unspecified atom stereocenters. The number of rotatable bonds is 3. The largest absolute Gasteiger partial charge is 0.398 e. The van der Waals surface area contributed by atoms with Crippen LogP contribution >= 0.6 is 15.9 Å². The average molecular weight is 326 g/mol. The molecule has 0 aromatic heterocycles. The molecule has 1 aliphatic rings. The molecular weight excluding hydrogens is 310 g/mol. The first kappa shape index (κ1) is 14.0. The van der Waals surface area contributed by atoms with Crippen LogP contribution in [0.1, 0.15) is 18.9 Å². The lowest BCUT2D eigenvalue weighted by atomic mass is 10.1. The van der Waals surface area contributed by atoms with E-state index in [9.17, 15) is 9.59 Å². The van der Waals surface area contributed by atoms with E-state index in [-0.39, 0.29) is 24.4 Å². The fourth-order valence-electron chi connectivity index (χ4n) is 2.26. The highest BCUT2D eigenvalue weighted by Crippen LogP contribution is 2.22. The van der Waals surface area contributed by atoms with Crippen molar-refractivity contribution in [1.29, 1.82) is 0 Å². The van der Waals surface area contributed by atoms with Crippen molar-refractivity contribution in [2.75, 3.05) is 12.3 Å². The molecule has 102 valence electrons. The van der Waals surface area contributed by atoms with Gasteiger partial charge in [0.05, 0.1) is 12.6 Å². The maximum absolute atomic E-state index is 11.8. The lowest BCUT2D eigenvalue weighted by Crippen LogP contribution is -2.57. The predicted molar refractivity (Wildman–Crippen MR) is 76.2 cm³/mol. The summed E-state index contributed by atoms with van der Waals surface area (Å²) in [6, 6.07) is 5.35. The summed E-state index contributed by atoms with van der Waals surface area (Å²) in [5, 5.41) is 2.36. The van der Waals surface area contributed by atoms with Gasteiger partial charge in [-0.15, -0.1) is 0 Å². The Hall–Kier alpha value is -1.40. The quantitative estimate of drug-likeness (QED) is 0.648. The third-order valence-electron chi connectivity index (χ3n) is 3.22. The summed E-state index contributed by atoms with van der Waals surface area (Å²) in [7, 11) is 0. The SMILES string of the molecule is CCC1C(=O)NC(=O)CN1Cc1ccc(Br)cc1N. The van der Waals surface area contributed by atoms with Crippen molar-refractivity contribution < 1.29 is 9.59 Å². The molecule has 1 fully saturated rings. The van der Waals surface area contributed by atoms with Crippen LogP contribution in [0.2, 0.25) is 0 Å². The summed E-state index contributed by atoms with van der Waals surface area (Å²) in [5.74, 6) is -0.486. The fraction of sp³-hybridized carbons (Fsp3) is 0.385. The number of anilines is 1. The number of carbonyl (C=O) groups is 2. The molecular formula is C13H16BrN3O2. The number of benzene rings is 1. The molecule has 6 heteroatoms. The minimum atomic E-state index is -0.277. The molecule has 1 aromatic rings. The van der Waals surface area contributed by atoms with Crippen LogP contribution in [-0.4, -0.2) is 29.3 Å². The molecule has 5 nitrogen and oxygen atoms in total. The third-order valence-corrected chi connectivity index (χ3v) is 3.71. The van der Waals surface area contributed by atoms with Gasteiger partial charge in [-0.05, 0) is 24.1 Å². The lowest BCUT2D eigenvalue weighted by molar-refractivity contribution is -0.140. The molecule has 1 saturated heterocycles. The van der Waals surface area contributed by atoms with Crippen molar-refractivity contribution in [3.63, 3.8) is 0 Å². The van der Waals surface area contributed by atoms with Crippen molar-refractivity contribution in [1.82, 2.24) is 10.2 Å². The number of hydrogen-bond acceptors (Lipinski definition) is 4. The van der Waals surface area contributed by atoms with E-state index in [4.69, 9.17) is 5.73 Å². The van der Waals surface area contributed by atoms with Crippen LogP contribution in [0.15, 0.2) is 22.7 Å². The molecule has 1 aromatic carbocycles. The van der Waals surface area contributed by atoms with Gasteiger partial charge in [0.1, 0.15) is 0 Å². The Morgan fingerprint density at radius 2 is 2.21 bits per heavy atom. The van der Waals surface area contributed by atoms with Gasteiger partial charge < -0.3 is 5.73 Å². The first-order valence-corrected chi connectivity index (χ1v) is 6.92. The van der Waals surface area contributed by atoms with Crippen LogP contribution in [0.4, 0.5) is 5.69 Å². The van der Waals surface area contributed by atoms with E-state index in [1.54, 1.807) is 0 Å². The standard InChI is InChI=1S/C13H16BrN3O2/c1-2-11-13(19)16-12(18)7-17(11)6-8-3-4-9(14)5-10(8)15/h3-5,11H,2,6-7,15H2,1H3,(H,16,18,19). The third kappa shape index (κ3) is 3.13. The van der Waals surface area contributed by atoms with E-state index >= 15 is 0 Å². The number of piperazine rings is 1. The van der Waals surface area contributed by atoms with E-state index in [0.717, 1.165) is 10.0 Å². The number of carbonyl (C=O) groups excluding carboxylic acids is 2. The highest BCUT2D eigenvalue weighted by atomic mass is 79.9. The molecule has 0 radical (unpaired) electrons. The zero-order valence-electron chi connectivity index (χ0n) is 10.6. The number of amides is 2. The van der Waals surface area contributed by atoms with Gasteiger partial charge in [-0.1, -0.05) is 28.9 Å². The van der Waals surface area contributed by atoms with Crippen LogP contribution in [0.25, 0.3) is 0 Å². The number of nitrogens with two attached hydrogens (primary N) is 1. The second-order valence-electron chi connectivity index (χ2n) is 4.58. The maximum atomic E-state index is 11.8. The van der Waals surface area contributed by atoms with Gasteiger partial charge in [-0.25, -0.2) is 0 Å². The zero-order valence-corrected chi connectivity index (χ0v) is 12.2. The normalized spacial score (nSPS) is 20.4. The predicted octanol–water partition coefficient (Wildman–Crippen LogP) is 1.27. The van der Waals surface area contributed by atoms with E-state index in [1.807, 2.05) is 30.0 Å². The monoisotopic (exact) mass is 325 g/mol. The van der Waals surface area contributed by atoms with Gasteiger partial charge in [-0.3, -0.25) is 19.8 Å². The number of nitrogens with one attached hydrogen (secondary N) is 1. The van der Waals surface area contributed by atoms with Crippen molar-refractivity contribution in [2.45, 2.75) is 25.9 Å². The van der Waals surface area contributed by atoms with E-state index in [1.165, 1.54) is 0 Å². The molecule has 0 spiro atoms. The number of nitrogen functional groups attached to an aromatic ring is 1. The highest BCUT2D eigenvalue weighted by molar-refractivity contribution is 9.10. The highest BCUT2D eigenvalue weighted by Gasteiger charge is 2.32. The maximum Gasteiger partial charge on any atom is 0.243 e. The van der Waals surface area contributed by atoms with Crippen LogP contribution in [0, 0.1) is 0 Å². The van der Waals surface area contributed by atoms with Crippen LogP contribution in [0.3, 0.4) is 0 Å². The number of halogens is 1. The zero-order chi connectivity index (χ0) is 14.0. The summed E-state index contributed by atoms with van der Waals surface area (Å²) >= 11 is 3.35. The lowest BCUT2D eigenvalue weighted by Gasteiger charge is -2.33. The average Bonchev–Trinajstić information content (AvgIpc) is 2.32. The molecule has 0 aliphatic carbocycles. The Morgan fingerprint density at radius 1 is 1.47 bits per heavy atom. The Labute approximate surface area is 120 Å². The van der Waals surface area contributed by atoms with Crippen LogP contribution < -0.4 is 11.1 Å². The summed E-state index contributed by atoms with van der Waals surface area (Å²) in [4.78, 5) is 25.1. The Balaban J connectivity index is 2.20. The second kappa shape index (κ2) is 5.71. The molecule has 19 heavy (non-hydrogen) atoms. The first-order valence-electron chi connectivity index (χ1n) is 6.13. The van der Waals surface area contributed by atoms with Crippen LogP contribution in [-0.2, 0) is 16.1 Å². The van der Waals surface area contributed by atoms with Crippen LogP contribution in [0.5, 0.6) is 0 Å². The van der Waals surface area contributed by atoms with Gasteiger partial charge in [0.2, 0.25) is 11.8 Å². The molecule has 1 heterocycles. The van der Waals surface area contributed by atoms with Crippen molar-refractivity contribution in [3.8, 4) is 0 Å². The van der Waals surface area contributed by atoms with Gasteiger partial charge in [-0.2, -0.15) is 0 Å². The molecule has 3 N–H and O–H groups in total. The smallest absolute Gasteiger partial charge is 0.243 e. The first-order chi connectivity index (χ1) is 9.01. The summed E-state index contributed by atoms with van der Waals surface area (Å²) in [6.45, 7) is 2.65. The Morgan fingerprint density at radius 3 is 2.84 bits per heavy atom. The Bertz CT molecular complexity index is 519. The number of hydrogen-bond donors (Lipinski definition) is 2. The summed E-state index contributed by atoms with van der Waals surface area (Å²) in [5.41, 5.74) is 7.53. The number of nitrogens with zero attached hydrogens (tertiary/aromatic N) is 1. The number of imide groups is 1. The fourth-order valence-corrected chi connectivity index (χ4v) is 2.64. The topological polar surface area (TPSA) is 75.4 Å². The van der Waals surface area contributed by atoms with Crippen molar-refractivity contribution in [2.24, 2.45) is 0 Å². The molecule has 0 bridgehead atoms. The molecule has 2 rings (SSSR count). The van der Waals surface area contributed by atoms with Gasteiger partial charge >= 0.3 is 0 Å². The minimum Gasteiger partial charge on any atom is -0.398 e. The Kier molecular flexibility index (Phi) is 4.21. The van der Waals surface area contributed by atoms with Gasteiger partial charge in [0.25, 0.3) is 0 Å². The van der Waals surface area contributed by atoms with Gasteiger partial charge in [0, 0.05) is 16.7 Å². The molecule has 1 atom stereocenters. The molecule has 1 aliphatic heterocycles.